The van der Waals surface area contributed by atoms with Gasteiger partial charge < -0.3 is 15.0 Å². The summed E-state index contributed by atoms with van der Waals surface area (Å²) in [4.78, 5) is 37.2. The van der Waals surface area contributed by atoms with Gasteiger partial charge in [0.05, 0.1) is 18.1 Å². The van der Waals surface area contributed by atoms with E-state index >= 15 is 0 Å². The molecule has 2 rings (SSSR count). The lowest BCUT2D eigenvalue weighted by molar-refractivity contribution is -0.121. The van der Waals surface area contributed by atoms with Crippen LogP contribution in [-0.4, -0.2) is 30.9 Å². The quantitative estimate of drug-likeness (QED) is 0.761. The fourth-order valence-electron chi connectivity index (χ4n) is 2.38. The monoisotopic (exact) mass is 365 g/mol. The van der Waals surface area contributed by atoms with Gasteiger partial charge in [-0.15, -0.1) is 0 Å². The van der Waals surface area contributed by atoms with Crippen LogP contribution in [0.25, 0.3) is 0 Å². The highest BCUT2D eigenvalue weighted by molar-refractivity contribution is 5.98. The van der Waals surface area contributed by atoms with Gasteiger partial charge in [-0.2, -0.15) is 5.26 Å². The van der Waals surface area contributed by atoms with Crippen LogP contribution in [0.3, 0.4) is 0 Å². The molecule has 2 amide bonds. The number of ether oxygens (including phenoxy) is 1. The van der Waals surface area contributed by atoms with Crippen LogP contribution in [0.15, 0.2) is 54.6 Å². The van der Waals surface area contributed by atoms with Gasteiger partial charge in [-0.1, -0.05) is 24.3 Å². The van der Waals surface area contributed by atoms with Crippen LogP contribution in [0.5, 0.6) is 0 Å². The van der Waals surface area contributed by atoms with Crippen LogP contribution >= 0.6 is 0 Å². The zero-order valence-electron chi connectivity index (χ0n) is 14.8. The molecular formula is C20H19N3O4. The first kappa shape index (κ1) is 19.7. The fraction of sp³-hybridized carbons (Fsp3) is 0.200. The van der Waals surface area contributed by atoms with Gasteiger partial charge in [0, 0.05) is 24.8 Å². The van der Waals surface area contributed by atoms with Gasteiger partial charge in [-0.3, -0.25) is 9.59 Å². The van der Waals surface area contributed by atoms with Crippen molar-refractivity contribution in [3.05, 3.63) is 60.2 Å². The molecule has 0 spiro atoms. The Kier molecular flexibility index (Phi) is 7.08. The molecule has 0 aromatic heterocycles. The topological polar surface area (TPSA) is 99.5 Å². The Bertz CT molecular complexity index is 859. The summed E-state index contributed by atoms with van der Waals surface area (Å²) >= 11 is 0. The number of nitrogens with one attached hydrogen (secondary N) is 1. The normalized spacial score (nSPS) is 9.78. The number of nitriles is 1. The second kappa shape index (κ2) is 9.73. The van der Waals surface area contributed by atoms with Gasteiger partial charge in [0.1, 0.15) is 0 Å². The summed E-state index contributed by atoms with van der Waals surface area (Å²) in [6, 6.07) is 17.1. The zero-order chi connectivity index (χ0) is 19.6. The average Bonchev–Trinajstić information content (AvgIpc) is 2.67. The maximum atomic E-state index is 12.5. The Hall–Kier alpha value is -3.66. The Labute approximate surface area is 157 Å². The van der Waals surface area contributed by atoms with Crippen molar-refractivity contribution in [2.24, 2.45) is 0 Å². The van der Waals surface area contributed by atoms with Gasteiger partial charge >= 0.3 is 5.97 Å². The molecule has 0 unspecified atom stereocenters. The van der Waals surface area contributed by atoms with E-state index in [9.17, 15) is 14.4 Å². The standard InChI is InChI=1S/C20H19N3O4/c1-15(24)22-17-8-5-7-16(13-17)20(26)27-14-19(25)23(12-6-11-21)18-9-3-2-4-10-18/h2-5,7-10,13H,6,12,14H2,1H3,(H,22,24). The molecule has 0 aliphatic carbocycles. The smallest absolute Gasteiger partial charge is 0.338 e. The number of carbonyl (C=O) groups is 3. The van der Waals surface area contributed by atoms with Crippen LogP contribution in [0.4, 0.5) is 11.4 Å². The minimum Gasteiger partial charge on any atom is -0.452 e. The lowest BCUT2D eigenvalue weighted by atomic mass is 10.2. The van der Waals surface area contributed by atoms with Crippen molar-refractivity contribution in [3.63, 3.8) is 0 Å². The van der Waals surface area contributed by atoms with E-state index in [1.807, 2.05) is 12.1 Å². The van der Waals surface area contributed by atoms with Crippen LogP contribution in [-0.2, 0) is 14.3 Å². The molecule has 0 radical (unpaired) electrons. The van der Waals surface area contributed by atoms with Gasteiger partial charge in [-0.05, 0) is 30.3 Å². The lowest BCUT2D eigenvalue weighted by Gasteiger charge is -2.21. The van der Waals surface area contributed by atoms with E-state index in [1.165, 1.54) is 24.0 Å². The van der Waals surface area contributed by atoms with E-state index in [1.54, 1.807) is 36.4 Å². The first-order chi connectivity index (χ1) is 13.0. The number of amides is 2. The molecule has 0 saturated carbocycles. The highest BCUT2D eigenvalue weighted by atomic mass is 16.5. The third kappa shape index (κ3) is 5.97. The largest absolute Gasteiger partial charge is 0.452 e. The Morgan fingerprint density at radius 3 is 2.52 bits per heavy atom. The van der Waals surface area contributed by atoms with Crippen molar-refractivity contribution >= 4 is 29.2 Å². The third-order valence-corrected chi connectivity index (χ3v) is 3.56. The summed E-state index contributed by atoms with van der Waals surface area (Å²) in [5.41, 5.74) is 1.31. The molecule has 0 aliphatic heterocycles. The molecule has 0 heterocycles. The summed E-state index contributed by atoms with van der Waals surface area (Å²) in [5, 5.41) is 11.4. The van der Waals surface area contributed by atoms with Crippen LogP contribution in [0.1, 0.15) is 23.7 Å². The number of nitrogens with zero attached hydrogens (tertiary/aromatic N) is 2. The van der Waals surface area contributed by atoms with E-state index in [0.29, 0.717) is 11.4 Å². The molecule has 7 heteroatoms. The number of carbonyl (C=O) groups excluding carboxylic acids is 3. The summed E-state index contributed by atoms with van der Waals surface area (Å²) in [6.07, 6.45) is 0.160. The molecule has 0 bridgehead atoms. The maximum Gasteiger partial charge on any atom is 0.338 e. The minimum absolute atomic E-state index is 0.160. The Morgan fingerprint density at radius 2 is 1.85 bits per heavy atom. The molecule has 27 heavy (non-hydrogen) atoms. The molecule has 1 N–H and O–H groups in total. The first-order valence-electron chi connectivity index (χ1n) is 8.28. The number of benzene rings is 2. The lowest BCUT2D eigenvalue weighted by Crippen LogP contribution is -2.35. The van der Waals surface area contributed by atoms with E-state index in [-0.39, 0.29) is 24.4 Å². The molecule has 138 valence electrons. The van der Waals surface area contributed by atoms with Crippen molar-refractivity contribution in [3.8, 4) is 6.07 Å². The summed E-state index contributed by atoms with van der Waals surface area (Å²) in [6.45, 7) is 1.11. The van der Waals surface area contributed by atoms with E-state index < -0.39 is 18.5 Å². The van der Waals surface area contributed by atoms with E-state index in [2.05, 4.69) is 5.32 Å². The number of anilines is 2. The van der Waals surface area contributed by atoms with Crippen molar-refractivity contribution in [2.45, 2.75) is 13.3 Å². The molecule has 7 nitrogen and oxygen atoms in total. The SMILES string of the molecule is CC(=O)Nc1cccc(C(=O)OCC(=O)N(CCC#N)c2ccccc2)c1. The van der Waals surface area contributed by atoms with Crippen LogP contribution in [0, 0.1) is 11.3 Å². The van der Waals surface area contributed by atoms with Gasteiger partial charge in [0.2, 0.25) is 5.91 Å². The molecule has 2 aromatic carbocycles. The third-order valence-electron chi connectivity index (χ3n) is 3.56. The number of rotatable bonds is 7. The number of hydrogen-bond acceptors (Lipinski definition) is 5. The second-order valence-electron chi connectivity index (χ2n) is 5.63. The Balaban J connectivity index is 2.03. The van der Waals surface area contributed by atoms with Gasteiger partial charge in [-0.25, -0.2) is 4.79 Å². The highest BCUT2D eigenvalue weighted by Gasteiger charge is 2.18. The average molecular weight is 365 g/mol. The molecule has 0 atom stereocenters. The first-order valence-corrected chi connectivity index (χ1v) is 8.28. The van der Waals surface area contributed by atoms with Crippen molar-refractivity contribution in [1.29, 1.82) is 5.26 Å². The van der Waals surface area contributed by atoms with Crippen molar-refractivity contribution in [2.75, 3.05) is 23.4 Å². The van der Waals surface area contributed by atoms with E-state index in [4.69, 9.17) is 10.00 Å². The Morgan fingerprint density at radius 1 is 1.11 bits per heavy atom. The van der Waals surface area contributed by atoms with Crippen LogP contribution in [0.2, 0.25) is 0 Å². The van der Waals surface area contributed by atoms with Crippen molar-refractivity contribution in [1.82, 2.24) is 0 Å². The minimum atomic E-state index is -0.677. The van der Waals surface area contributed by atoms with Gasteiger partial charge in [0.15, 0.2) is 6.61 Å². The number of esters is 1. The fourth-order valence-corrected chi connectivity index (χ4v) is 2.38. The highest BCUT2D eigenvalue weighted by Crippen LogP contribution is 2.15. The summed E-state index contributed by atoms with van der Waals surface area (Å²) < 4.78 is 5.11. The van der Waals surface area contributed by atoms with Gasteiger partial charge in [0.25, 0.3) is 5.91 Å². The molecule has 2 aromatic rings. The second-order valence-corrected chi connectivity index (χ2v) is 5.63. The number of para-hydroxylation sites is 1. The van der Waals surface area contributed by atoms with Crippen molar-refractivity contribution < 1.29 is 19.1 Å². The van der Waals surface area contributed by atoms with E-state index in [0.717, 1.165) is 0 Å². The molecule has 0 saturated heterocycles. The molecule has 0 fully saturated rings. The van der Waals surface area contributed by atoms with Crippen LogP contribution < -0.4 is 10.2 Å². The summed E-state index contributed by atoms with van der Waals surface area (Å²) in [5.74, 6) is -1.36. The maximum absolute atomic E-state index is 12.5. The number of hydrogen-bond donors (Lipinski definition) is 1. The molecule has 0 aliphatic rings. The molecular weight excluding hydrogens is 346 g/mol. The zero-order valence-corrected chi connectivity index (χ0v) is 14.8. The summed E-state index contributed by atoms with van der Waals surface area (Å²) in [7, 11) is 0. The predicted molar refractivity (Wildman–Crippen MR) is 100 cm³/mol. The predicted octanol–water partition coefficient (Wildman–Crippen LogP) is 2.75.